The molecule has 1 rings (SSSR count). The molecule has 0 amide bonds. The Labute approximate surface area is 91.9 Å². The van der Waals surface area contributed by atoms with Gasteiger partial charge in [0.05, 0.1) is 5.69 Å². The first-order valence-electron chi connectivity index (χ1n) is 5.04. The van der Waals surface area contributed by atoms with Gasteiger partial charge in [0.15, 0.2) is 0 Å². The summed E-state index contributed by atoms with van der Waals surface area (Å²) < 4.78 is 0. The molecule has 0 saturated heterocycles. The second-order valence-corrected chi connectivity index (χ2v) is 3.69. The average Bonchev–Trinajstić information content (AvgIpc) is 2.18. The van der Waals surface area contributed by atoms with Crippen molar-refractivity contribution in [2.75, 3.05) is 0 Å². The van der Waals surface area contributed by atoms with Crippen LogP contribution < -0.4 is 0 Å². The lowest BCUT2D eigenvalue weighted by atomic mass is 10.1. The van der Waals surface area contributed by atoms with Crippen molar-refractivity contribution >= 4 is 5.57 Å². The van der Waals surface area contributed by atoms with Gasteiger partial charge >= 0.3 is 0 Å². The smallest absolute Gasteiger partial charge is 0.0661 e. The largest absolute Gasteiger partial charge is 0.257 e. The van der Waals surface area contributed by atoms with Crippen LogP contribution in [-0.4, -0.2) is 4.98 Å². The fourth-order valence-corrected chi connectivity index (χ4v) is 1.40. The summed E-state index contributed by atoms with van der Waals surface area (Å²) in [6.07, 6.45) is 7.74. The minimum atomic E-state index is 1.03. The standard InChI is InChI=1S/C14H17N/c1-5-6-11(2)9-13(4)14-10-12(3)7-8-15-14/h5-10H,1H2,2-4H3/b11-6-,13-9+. The molecule has 0 unspecified atom stereocenters. The van der Waals surface area contributed by atoms with Gasteiger partial charge in [-0.3, -0.25) is 4.98 Å². The molecule has 1 nitrogen and oxygen atoms in total. The third kappa shape index (κ3) is 3.55. The van der Waals surface area contributed by atoms with E-state index in [0.717, 1.165) is 5.69 Å². The summed E-state index contributed by atoms with van der Waals surface area (Å²) in [6, 6.07) is 4.09. The zero-order valence-corrected chi connectivity index (χ0v) is 9.62. The van der Waals surface area contributed by atoms with Crippen LogP contribution in [0.25, 0.3) is 5.57 Å². The number of hydrogen-bond acceptors (Lipinski definition) is 1. The molecular weight excluding hydrogens is 182 g/mol. The predicted molar refractivity (Wildman–Crippen MR) is 66.6 cm³/mol. The Morgan fingerprint density at radius 2 is 2.13 bits per heavy atom. The molecule has 0 aliphatic heterocycles. The normalized spacial score (nSPS) is 12.7. The van der Waals surface area contributed by atoms with Gasteiger partial charge in [-0.05, 0) is 44.0 Å². The fourth-order valence-electron chi connectivity index (χ4n) is 1.40. The summed E-state index contributed by atoms with van der Waals surface area (Å²) >= 11 is 0. The van der Waals surface area contributed by atoms with Crippen LogP contribution >= 0.6 is 0 Å². The van der Waals surface area contributed by atoms with Gasteiger partial charge in [0.2, 0.25) is 0 Å². The molecular formula is C14H17N. The molecule has 0 saturated carbocycles. The van der Waals surface area contributed by atoms with E-state index in [1.807, 2.05) is 18.3 Å². The van der Waals surface area contributed by atoms with Crippen molar-refractivity contribution in [3.05, 3.63) is 60.0 Å². The maximum atomic E-state index is 4.33. The van der Waals surface area contributed by atoms with E-state index in [1.165, 1.54) is 16.7 Å². The lowest BCUT2D eigenvalue weighted by Crippen LogP contribution is -1.86. The van der Waals surface area contributed by atoms with Crippen LogP contribution in [0.3, 0.4) is 0 Å². The highest BCUT2D eigenvalue weighted by Crippen LogP contribution is 2.14. The summed E-state index contributed by atoms with van der Waals surface area (Å²) in [7, 11) is 0. The number of aromatic nitrogens is 1. The molecule has 1 aromatic rings. The Bertz CT molecular complexity index is 411. The minimum absolute atomic E-state index is 1.03. The van der Waals surface area contributed by atoms with Gasteiger partial charge in [0, 0.05) is 6.20 Å². The van der Waals surface area contributed by atoms with Gasteiger partial charge in [0.25, 0.3) is 0 Å². The van der Waals surface area contributed by atoms with Crippen molar-refractivity contribution in [2.45, 2.75) is 20.8 Å². The van der Waals surface area contributed by atoms with Gasteiger partial charge in [-0.2, -0.15) is 0 Å². The molecule has 0 aliphatic carbocycles. The number of hydrogen-bond donors (Lipinski definition) is 0. The molecule has 1 heteroatoms. The topological polar surface area (TPSA) is 12.9 Å². The summed E-state index contributed by atoms with van der Waals surface area (Å²) in [5, 5.41) is 0. The SMILES string of the molecule is C=C/C=C(C)\C=C(/C)c1cc(C)ccn1. The second kappa shape index (κ2) is 5.30. The van der Waals surface area contributed by atoms with E-state index in [-0.39, 0.29) is 0 Å². The van der Waals surface area contributed by atoms with Crippen molar-refractivity contribution in [3.63, 3.8) is 0 Å². The molecule has 78 valence electrons. The number of rotatable bonds is 3. The summed E-state index contributed by atoms with van der Waals surface area (Å²) in [4.78, 5) is 4.33. The molecule has 0 atom stereocenters. The highest BCUT2D eigenvalue weighted by atomic mass is 14.7. The Kier molecular flexibility index (Phi) is 4.04. The average molecular weight is 199 g/mol. The summed E-state index contributed by atoms with van der Waals surface area (Å²) in [5.74, 6) is 0. The Hall–Kier alpha value is -1.63. The quantitative estimate of drug-likeness (QED) is 0.672. The van der Waals surface area contributed by atoms with Gasteiger partial charge in [-0.1, -0.05) is 30.4 Å². The number of nitrogens with zero attached hydrogens (tertiary/aromatic N) is 1. The Balaban J connectivity index is 2.98. The third-order valence-corrected chi connectivity index (χ3v) is 2.14. The number of aryl methyl sites for hydroxylation is 1. The molecule has 15 heavy (non-hydrogen) atoms. The first-order valence-corrected chi connectivity index (χ1v) is 5.04. The lowest BCUT2D eigenvalue weighted by molar-refractivity contribution is 1.23. The van der Waals surface area contributed by atoms with E-state index >= 15 is 0 Å². The van der Waals surface area contributed by atoms with Crippen LogP contribution in [0.1, 0.15) is 25.1 Å². The Morgan fingerprint density at radius 3 is 2.73 bits per heavy atom. The molecule has 0 aromatic carbocycles. The zero-order chi connectivity index (χ0) is 11.3. The van der Waals surface area contributed by atoms with Gasteiger partial charge in [-0.15, -0.1) is 0 Å². The molecule has 1 aromatic heterocycles. The van der Waals surface area contributed by atoms with E-state index in [1.54, 1.807) is 6.08 Å². The van der Waals surface area contributed by atoms with Crippen LogP contribution in [0.15, 0.2) is 48.7 Å². The van der Waals surface area contributed by atoms with Crippen LogP contribution in [0.2, 0.25) is 0 Å². The lowest BCUT2D eigenvalue weighted by Gasteiger charge is -2.01. The maximum Gasteiger partial charge on any atom is 0.0661 e. The molecule has 0 N–H and O–H groups in total. The van der Waals surface area contributed by atoms with Crippen molar-refractivity contribution < 1.29 is 0 Å². The van der Waals surface area contributed by atoms with Gasteiger partial charge in [-0.25, -0.2) is 0 Å². The number of allylic oxidation sites excluding steroid dienone is 5. The molecule has 0 radical (unpaired) electrons. The second-order valence-electron chi connectivity index (χ2n) is 3.69. The predicted octanol–water partition coefficient (Wildman–Crippen LogP) is 3.93. The highest BCUT2D eigenvalue weighted by Gasteiger charge is 1.96. The molecule has 0 spiro atoms. The molecule has 0 aliphatic rings. The van der Waals surface area contributed by atoms with E-state index in [4.69, 9.17) is 0 Å². The van der Waals surface area contributed by atoms with Crippen molar-refractivity contribution in [1.82, 2.24) is 4.98 Å². The van der Waals surface area contributed by atoms with Gasteiger partial charge in [0.1, 0.15) is 0 Å². The molecule has 0 bridgehead atoms. The van der Waals surface area contributed by atoms with Crippen LogP contribution in [0, 0.1) is 6.92 Å². The zero-order valence-electron chi connectivity index (χ0n) is 9.62. The Morgan fingerprint density at radius 1 is 1.40 bits per heavy atom. The first-order chi connectivity index (χ1) is 7.13. The monoisotopic (exact) mass is 199 g/mol. The number of pyridine rings is 1. The minimum Gasteiger partial charge on any atom is -0.257 e. The van der Waals surface area contributed by atoms with Gasteiger partial charge < -0.3 is 0 Å². The van der Waals surface area contributed by atoms with Crippen molar-refractivity contribution in [1.29, 1.82) is 0 Å². The maximum absolute atomic E-state index is 4.33. The van der Waals surface area contributed by atoms with Crippen molar-refractivity contribution in [2.24, 2.45) is 0 Å². The van der Waals surface area contributed by atoms with Crippen LogP contribution in [-0.2, 0) is 0 Å². The van der Waals surface area contributed by atoms with Crippen molar-refractivity contribution in [3.8, 4) is 0 Å². The fraction of sp³-hybridized carbons (Fsp3) is 0.214. The van der Waals surface area contributed by atoms with Crippen LogP contribution in [0.5, 0.6) is 0 Å². The summed E-state index contributed by atoms with van der Waals surface area (Å²) in [5.41, 5.74) is 4.63. The highest BCUT2D eigenvalue weighted by molar-refractivity contribution is 5.63. The van der Waals surface area contributed by atoms with E-state index in [9.17, 15) is 0 Å². The van der Waals surface area contributed by atoms with E-state index in [0.29, 0.717) is 0 Å². The molecule has 1 heterocycles. The summed E-state index contributed by atoms with van der Waals surface area (Å²) in [6.45, 7) is 9.88. The van der Waals surface area contributed by atoms with E-state index < -0.39 is 0 Å². The molecule has 0 fully saturated rings. The third-order valence-electron chi connectivity index (χ3n) is 2.14. The van der Waals surface area contributed by atoms with E-state index in [2.05, 4.69) is 44.5 Å². The first kappa shape index (κ1) is 11.4. The van der Waals surface area contributed by atoms with Crippen LogP contribution in [0.4, 0.5) is 0 Å².